The zero-order chi connectivity index (χ0) is 20.9. The first kappa shape index (κ1) is 23.1. The van der Waals surface area contributed by atoms with Crippen molar-refractivity contribution in [3.8, 4) is 0 Å². The van der Waals surface area contributed by atoms with Crippen LogP contribution in [0.1, 0.15) is 20.8 Å². The maximum Gasteiger partial charge on any atom is 0.434 e. The van der Waals surface area contributed by atoms with Gasteiger partial charge >= 0.3 is 18.4 Å². The van der Waals surface area contributed by atoms with Crippen LogP contribution in [0.15, 0.2) is 0 Å². The lowest BCUT2D eigenvalue weighted by atomic mass is 9.54. The highest BCUT2D eigenvalue weighted by atomic mass is 19.4. The molecule has 0 N–H and O–H groups in total. The molecule has 0 aromatic carbocycles. The number of alkyl halides is 6. The Labute approximate surface area is 152 Å². The average Bonchev–Trinajstić information content (AvgIpc) is 2.35. The topological polar surface area (TPSA) is 32.8 Å². The van der Waals surface area contributed by atoms with E-state index in [1.165, 1.54) is 4.90 Å². The molecule has 1 rings (SSSR count). The van der Waals surface area contributed by atoms with Gasteiger partial charge in [-0.05, 0) is 32.1 Å². The summed E-state index contributed by atoms with van der Waals surface area (Å²) in [6, 6.07) is 0. The molecule has 1 fully saturated rings. The number of hydrogen-bond donors (Lipinski definition) is 0. The Kier molecular flexibility index (Phi) is 6.14. The van der Waals surface area contributed by atoms with Crippen molar-refractivity contribution in [2.24, 2.45) is 0 Å². The Morgan fingerprint density at radius 2 is 1.46 bits per heavy atom. The van der Waals surface area contributed by atoms with Gasteiger partial charge < -0.3 is 14.5 Å². The molecule has 1 aliphatic heterocycles. The smallest absolute Gasteiger partial charge is 0.426 e. The second kappa shape index (κ2) is 6.91. The molecule has 0 aliphatic carbocycles. The number of carbonyl (C=O) groups excluding carboxylic acids is 1. The minimum atomic E-state index is -5.87. The highest BCUT2D eigenvalue weighted by molar-refractivity contribution is 6.41. The molecule has 1 aliphatic rings. The summed E-state index contributed by atoms with van der Waals surface area (Å²) in [6.07, 6.45) is -18.0. The zero-order valence-electron chi connectivity index (χ0n) is 14.2. The highest BCUT2D eigenvalue weighted by Gasteiger charge is 2.60. The van der Waals surface area contributed by atoms with Gasteiger partial charge in [0.15, 0.2) is 0 Å². The molecular weight excluding hydrogens is 361 g/mol. The first-order valence-corrected chi connectivity index (χ1v) is 7.29. The van der Waals surface area contributed by atoms with E-state index in [4.69, 9.17) is 31.4 Å². The Morgan fingerprint density at radius 3 is 1.81 bits per heavy atom. The normalized spacial score (nSPS) is 25.4. The van der Waals surface area contributed by atoms with Crippen LogP contribution in [-0.2, 0) is 4.74 Å². The van der Waals surface area contributed by atoms with Crippen molar-refractivity contribution in [3.63, 3.8) is 0 Å². The number of nitrogens with zero attached hydrogens (tertiary/aromatic N) is 2. The molecule has 1 amide bonds. The number of ether oxygens (including phenoxy) is 1. The van der Waals surface area contributed by atoms with Gasteiger partial charge in [-0.25, -0.2) is 4.79 Å². The first-order valence-electron chi connectivity index (χ1n) is 7.29. The molecule has 0 aromatic rings. The van der Waals surface area contributed by atoms with Crippen LogP contribution in [0.3, 0.4) is 0 Å². The molecule has 2 atom stereocenters. The quantitative estimate of drug-likeness (QED) is 0.507. The van der Waals surface area contributed by atoms with Gasteiger partial charge in [0.05, 0.1) is 23.5 Å². The van der Waals surface area contributed by atoms with Crippen molar-refractivity contribution in [2.45, 2.75) is 62.0 Å². The second-order valence-corrected chi connectivity index (χ2v) is 6.99. The van der Waals surface area contributed by atoms with Gasteiger partial charge in [0.25, 0.3) is 6.10 Å². The van der Waals surface area contributed by atoms with E-state index in [0.29, 0.717) is 4.90 Å². The standard InChI is InChI=1S/C12H14B4F6N2O2/c1-9(2,3)24-6(14)5(13)23(4-10(24,15)16)8(25)26-7(11(17,18)19)12(20,21)22/h5-7H,4H2,1-3H3. The van der Waals surface area contributed by atoms with Crippen LogP contribution in [-0.4, -0.2) is 95.0 Å². The molecule has 0 spiro atoms. The van der Waals surface area contributed by atoms with Gasteiger partial charge in [0, 0.05) is 18.0 Å². The van der Waals surface area contributed by atoms with Gasteiger partial charge in [-0.2, -0.15) is 26.3 Å². The first-order chi connectivity index (χ1) is 11.3. The van der Waals surface area contributed by atoms with Crippen molar-refractivity contribution >= 4 is 37.5 Å². The average molecular weight is 375 g/mol. The van der Waals surface area contributed by atoms with Gasteiger partial charge in [-0.3, -0.25) is 0 Å². The third-order valence-corrected chi connectivity index (χ3v) is 3.65. The van der Waals surface area contributed by atoms with E-state index in [9.17, 15) is 31.1 Å². The van der Waals surface area contributed by atoms with E-state index in [0.717, 1.165) is 0 Å². The molecule has 14 heteroatoms. The van der Waals surface area contributed by atoms with Crippen LogP contribution in [0.25, 0.3) is 0 Å². The number of piperazine rings is 1. The van der Waals surface area contributed by atoms with Crippen LogP contribution in [0.4, 0.5) is 31.1 Å². The molecule has 2 unspecified atom stereocenters. The number of hydrogen-bond acceptors (Lipinski definition) is 3. The zero-order valence-corrected chi connectivity index (χ0v) is 14.2. The lowest BCUT2D eigenvalue weighted by Crippen LogP contribution is -2.76. The summed E-state index contributed by atoms with van der Waals surface area (Å²) in [5.41, 5.74) is -0.767. The summed E-state index contributed by atoms with van der Waals surface area (Å²) in [4.78, 5) is 13.6. The van der Waals surface area contributed by atoms with Crippen LogP contribution in [0.2, 0.25) is 0 Å². The van der Waals surface area contributed by atoms with Crippen LogP contribution < -0.4 is 0 Å². The van der Waals surface area contributed by atoms with Crippen molar-refractivity contribution in [3.05, 3.63) is 0 Å². The minimum absolute atomic E-state index is 0.345. The fraction of sp³-hybridized carbons (Fsp3) is 0.917. The molecule has 138 valence electrons. The van der Waals surface area contributed by atoms with Gasteiger partial charge in [0.1, 0.15) is 7.85 Å². The monoisotopic (exact) mass is 376 g/mol. The van der Waals surface area contributed by atoms with Crippen LogP contribution >= 0.6 is 0 Å². The number of carbonyl (C=O) groups is 1. The van der Waals surface area contributed by atoms with Gasteiger partial charge in [-0.15, -0.1) is 0 Å². The largest absolute Gasteiger partial charge is 0.434 e. The predicted molar refractivity (Wildman–Crippen MR) is 84.0 cm³/mol. The predicted octanol–water partition coefficient (Wildman–Crippen LogP) is 1.01. The van der Waals surface area contributed by atoms with Gasteiger partial charge in [-0.1, -0.05) is 0 Å². The third kappa shape index (κ3) is 4.86. The number of halogens is 6. The van der Waals surface area contributed by atoms with Crippen molar-refractivity contribution in [1.82, 2.24) is 9.80 Å². The molecule has 0 saturated carbocycles. The minimum Gasteiger partial charge on any atom is -0.426 e. The van der Waals surface area contributed by atoms with Crippen molar-refractivity contribution in [2.75, 3.05) is 6.54 Å². The molecule has 1 saturated heterocycles. The summed E-state index contributed by atoms with van der Waals surface area (Å²) in [5, 5.41) is -1.88. The Hall–Kier alpha value is -0.930. The SMILES string of the molecule is [B]C1C([B])N(C(C)(C)C)C([B])([B])CN1C(=O)OC(C(F)(F)F)C(F)(F)F. The molecule has 0 bridgehead atoms. The Balaban J connectivity index is 3.11. The van der Waals surface area contributed by atoms with E-state index >= 15 is 0 Å². The summed E-state index contributed by atoms with van der Waals surface area (Å²) in [5.74, 6) is -2.79. The molecular formula is C12H14B4F6N2O2. The van der Waals surface area contributed by atoms with E-state index in [1.54, 1.807) is 20.8 Å². The molecule has 4 nitrogen and oxygen atoms in total. The molecule has 8 radical (unpaired) electrons. The van der Waals surface area contributed by atoms with E-state index < -0.39 is 53.9 Å². The molecule has 26 heavy (non-hydrogen) atoms. The number of amides is 1. The maximum atomic E-state index is 12.6. The van der Waals surface area contributed by atoms with E-state index in [2.05, 4.69) is 4.74 Å². The Morgan fingerprint density at radius 1 is 1.04 bits per heavy atom. The maximum absolute atomic E-state index is 12.6. The van der Waals surface area contributed by atoms with Gasteiger partial charge in [0.2, 0.25) is 0 Å². The van der Waals surface area contributed by atoms with E-state index in [-0.39, 0.29) is 0 Å². The van der Waals surface area contributed by atoms with Crippen molar-refractivity contribution < 1.29 is 35.9 Å². The summed E-state index contributed by atoms with van der Waals surface area (Å²) < 4.78 is 79.0. The fourth-order valence-electron chi connectivity index (χ4n) is 2.81. The molecule has 0 aromatic heterocycles. The lowest BCUT2D eigenvalue weighted by molar-refractivity contribution is -0.308. The summed E-state index contributed by atoms with van der Waals surface area (Å²) in [6.45, 7) is 4.27. The van der Waals surface area contributed by atoms with Crippen molar-refractivity contribution in [1.29, 1.82) is 0 Å². The number of rotatable bonds is 1. The molecule has 1 heterocycles. The second-order valence-electron chi connectivity index (χ2n) is 6.99. The van der Waals surface area contributed by atoms with Crippen LogP contribution in [0.5, 0.6) is 0 Å². The Bertz CT molecular complexity index is 523. The lowest BCUT2D eigenvalue weighted by Gasteiger charge is -2.60. The summed E-state index contributed by atoms with van der Waals surface area (Å²) in [7, 11) is 23.3. The fourth-order valence-corrected chi connectivity index (χ4v) is 2.81. The highest BCUT2D eigenvalue weighted by Crippen LogP contribution is 2.37. The van der Waals surface area contributed by atoms with Crippen LogP contribution in [0, 0.1) is 0 Å². The third-order valence-electron chi connectivity index (χ3n) is 3.65. The van der Waals surface area contributed by atoms with E-state index in [1.807, 2.05) is 0 Å². The summed E-state index contributed by atoms with van der Waals surface area (Å²) >= 11 is 0.